The predicted molar refractivity (Wildman–Crippen MR) is 201 cm³/mol. The summed E-state index contributed by atoms with van der Waals surface area (Å²) in [4.78, 5) is 56.0. The summed E-state index contributed by atoms with van der Waals surface area (Å²) in [6.07, 6.45) is 1.41. The van der Waals surface area contributed by atoms with E-state index in [4.69, 9.17) is 42.1 Å². The summed E-state index contributed by atoms with van der Waals surface area (Å²) < 4.78 is 20.8. The van der Waals surface area contributed by atoms with Crippen molar-refractivity contribution in [3.63, 3.8) is 0 Å². The van der Waals surface area contributed by atoms with Crippen LogP contribution in [0.5, 0.6) is 0 Å². The number of nitrogens with zero attached hydrogens (tertiary/aromatic N) is 4. The quantitative estimate of drug-likeness (QED) is 0.278. The lowest BCUT2D eigenvalue weighted by Crippen LogP contribution is -2.46. The van der Waals surface area contributed by atoms with E-state index in [1.54, 1.807) is 19.6 Å². The average Bonchev–Trinajstić information content (AvgIpc) is 3.04. The number of hydrogen-bond donors (Lipinski definition) is 0. The summed E-state index contributed by atoms with van der Waals surface area (Å²) in [6, 6.07) is 14.8. The minimum Gasteiger partial charge on any atom is -0.453 e. The Morgan fingerprint density at radius 1 is 0.538 bits per heavy atom. The fourth-order valence-electron chi connectivity index (χ4n) is 6.01. The van der Waals surface area contributed by atoms with Crippen molar-refractivity contribution >= 4 is 47.6 Å². The summed E-state index contributed by atoms with van der Waals surface area (Å²) in [5, 5.41) is 1.31. The maximum Gasteiger partial charge on any atom is 0.410 e. The lowest BCUT2D eigenvalue weighted by molar-refractivity contribution is 0.0171. The highest BCUT2D eigenvalue weighted by atomic mass is 35.5. The number of hydrogen-bond acceptors (Lipinski definition) is 8. The Morgan fingerprint density at radius 3 is 1.15 bits per heavy atom. The number of benzene rings is 2. The van der Waals surface area contributed by atoms with Crippen molar-refractivity contribution in [3.8, 4) is 0 Å². The Bertz CT molecular complexity index is 1370. The summed E-state index contributed by atoms with van der Waals surface area (Å²) in [5.41, 5.74) is 0.914. The molecule has 0 saturated carbocycles. The molecular formula is C38H54Cl2N4O8. The van der Waals surface area contributed by atoms with Gasteiger partial charge in [-0.05, 0) is 103 Å². The van der Waals surface area contributed by atoms with Gasteiger partial charge in [0.2, 0.25) is 0 Å². The number of ether oxygens (including phenoxy) is 4. The monoisotopic (exact) mass is 764 g/mol. The molecule has 0 radical (unpaired) electrons. The van der Waals surface area contributed by atoms with Gasteiger partial charge in [0.25, 0.3) is 0 Å². The van der Waals surface area contributed by atoms with E-state index in [0.29, 0.717) is 49.3 Å². The van der Waals surface area contributed by atoms with Crippen molar-refractivity contribution in [1.82, 2.24) is 19.6 Å². The van der Waals surface area contributed by atoms with Gasteiger partial charge in [0, 0.05) is 49.3 Å². The minimum absolute atomic E-state index is 0.111. The first kappa shape index (κ1) is 42.5. The summed E-state index contributed by atoms with van der Waals surface area (Å²) in [7, 11) is 2.73. The van der Waals surface area contributed by atoms with E-state index < -0.39 is 23.4 Å². The molecule has 2 fully saturated rings. The van der Waals surface area contributed by atoms with E-state index in [-0.39, 0.29) is 24.3 Å². The van der Waals surface area contributed by atoms with Gasteiger partial charge in [-0.1, -0.05) is 47.5 Å². The molecule has 2 aromatic rings. The van der Waals surface area contributed by atoms with Crippen molar-refractivity contribution in [2.75, 3.05) is 53.5 Å². The predicted octanol–water partition coefficient (Wildman–Crippen LogP) is 8.96. The van der Waals surface area contributed by atoms with Crippen LogP contribution in [0.3, 0.4) is 0 Å². The molecule has 2 aliphatic rings. The second kappa shape index (κ2) is 19.3. The molecule has 14 heteroatoms. The van der Waals surface area contributed by atoms with Crippen LogP contribution in [0.4, 0.5) is 19.2 Å². The molecule has 52 heavy (non-hydrogen) atoms. The van der Waals surface area contributed by atoms with E-state index in [9.17, 15) is 19.2 Å². The first-order valence-corrected chi connectivity index (χ1v) is 18.3. The number of methoxy groups -OCH3 is 2. The van der Waals surface area contributed by atoms with E-state index in [0.717, 1.165) is 36.8 Å². The maximum absolute atomic E-state index is 12.4. The van der Waals surface area contributed by atoms with Crippen molar-refractivity contribution in [2.24, 2.45) is 0 Å². The highest BCUT2D eigenvalue weighted by Gasteiger charge is 2.32. The Kier molecular flexibility index (Phi) is 15.7. The van der Waals surface area contributed by atoms with Crippen LogP contribution >= 0.6 is 23.2 Å². The largest absolute Gasteiger partial charge is 0.453 e. The second-order valence-electron chi connectivity index (χ2n) is 14.7. The molecule has 0 aromatic heterocycles. The van der Waals surface area contributed by atoms with Crippen LogP contribution in [0.15, 0.2) is 48.5 Å². The number of carbonyl (C=O) groups is 4. The van der Waals surface area contributed by atoms with Crippen molar-refractivity contribution < 1.29 is 38.1 Å². The third kappa shape index (κ3) is 13.3. The van der Waals surface area contributed by atoms with E-state index in [1.165, 1.54) is 14.2 Å². The molecule has 0 N–H and O–H groups in total. The van der Waals surface area contributed by atoms with Gasteiger partial charge in [-0.25, -0.2) is 19.2 Å². The second-order valence-corrected chi connectivity index (χ2v) is 15.6. The van der Waals surface area contributed by atoms with E-state index in [1.807, 2.05) is 90.1 Å². The number of amides is 4. The van der Waals surface area contributed by atoms with Gasteiger partial charge in [-0.2, -0.15) is 0 Å². The molecule has 12 nitrogen and oxygen atoms in total. The van der Waals surface area contributed by atoms with Crippen molar-refractivity contribution in [1.29, 1.82) is 0 Å². The Balaban J connectivity index is 0.000000280. The van der Waals surface area contributed by atoms with Crippen LogP contribution in [0, 0.1) is 0 Å². The molecule has 0 aliphatic carbocycles. The molecule has 0 spiro atoms. The van der Waals surface area contributed by atoms with Crippen LogP contribution < -0.4 is 0 Å². The molecule has 2 atom stereocenters. The molecule has 2 aromatic carbocycles. The van der Waals surface area contributed by atoms with Crippen LogP contribution in [0.1, 0.15) is 90.4 Å². The first-order chi connectivity index (χ1) is 24.4. The SMILES string of the molecule is COC(=O)N1CCN(C(=O)OC(C)(C)C)CCC[C@@H]1c1ccc(Cl)cc1.COC(=O)N1CCN(C(=O)OC(C)(C)C)CCC[C@H]1c1ccc(Cl)cc1. The van der Waals surface area contributed by atoms with E-state index >= 15 is 0 Å². The summed E-state index contributed by atoms with van der Waals surface area (Å²) in [6.45, 7) is 13.8. The van der Waals surface area contributed by atoms with Gasteiger partial charge in [0.15, 0.2) is 0 Å². The zero-order valence-electron chi connectivity index (χ0n) is 31.7. The molecule has 4 amide bonds. The fourth-order valence-corrected chi connectivity index (χ4v) is 6.26. The fraction of sp³-hybridized carbons (Fsp3) is 0.579. The maximum atomic E-state index is 12.4. The van der Waals surface area contributed by atoms with Gasteiger partial charge in [0.1, 0.15) is 11.2 Å². The topological polar surface area (TPSA) is 118 Å². The van der Waals surface area contributed by atoms with Crippen LogP contribution in [-0.2, 0) is 18.9 Å². The third-order valence-electron chi connectivity index (χ3n) is 8.42. The molecule has 2 aliphatic heterocycles. The lowest BCUT2D eigenvalue weighted by Gasteiger charge is -2.36. The molecule has 4 rings (SSSR count). The molecule has 2 saturated heterocycles. The Hall–Kier alpha value is -3.90. The van der Waals surface area contributed by atoms with Crippen LogP contribution in [0.25, 0.3) is 0 Å². The van der Waals surface area contributed by atoms with Crippen molar-refractivity contribution in [2.45, 2.75) is 90.5 Å². The van der Waals surface area contributed by atoms with Crippen LogP contribution in [0.2, 0.25) is 10.0 Å². The molecule has 0 unspecified atom stereocenters. The normalized spacial score (nSPS) is 18.7. The Labute approximate surface area is 318 Å². The van der Waals surface area contributed by atoms with Gasteiger partial charge in [-0.15, -0.1) is 0 Å². The zero-order chi connectivity index (χ0) is 38.6. The highest BCUT2D eigenvalue weighted by molar-refractivity contribution is 6.30. The van der Waals surface area contributed by atoms with E-state index in [2.05, 4.69) is 0 Å². The number of carbonyl (C=O) groups excluding carboxylic acids is 4. The molecule has 288 valence electrons. The zero-order valence-corrected chi connectivity index (χ0v) is 33.2. The van der Waals surface area contributed by atoms with Crippen LogP contribution in [-0.4, -0.2) is 109 Å². The minimum atomic E-state index is -0.548. The number of halogens is 2. The Morgan fingerprint density at radius 2 is 0.865 bits per heavy atom. The van der Waals surface area contributed by atoms with Crippen molar-refractivity contribution in [3.05, 3.63) is 69.7 Å². The third-order valence-corrected chi connectivity index (χ3v) is 8.92. The lowest BCUT2D eigenvalue weighted by atomic mass is 9.99. The molecule has 0 bridgehead atoms. The van der Waals surface area contributed by atoms with Gasteiger partial charge in [-0.3, -0.25) is 9.80 Å². The summed E-state index contributed by atoms with van der Waals surface area (Å²) >= 11 is 12.0. The molecule has 2 heterocycles. The average molecular weight is 766 g/mol. The standard InChI is InChI=1S/2C19H27ClN2O4/c2*1-19(2,3)26-17(23)21-11-5-6-16(14-7-9-15(20)10-8-14)22(13-12-21)18(24)25-4/h2*7-10,16H,5-6,11-13H2,1-4H3/t2*16-/m10/s1. The number of rotatable bonds is 2. The van der Waals surface area contributed by atoms with Gasteiger partial charge in [0.05, 0.1) is 26.3 Å². The van der Waals surface area contributed by atoms with Gasteiger partial charge >= 0.3 is 24.4 Å². The summed E-state index contributed by atoms with van der Waals surface area (Å²) in [5.74, 6) is 0. The van der Waals surface area contributed by atoms with Gasteiger partial charge < -0.3 is 28.7 Å². The smallest absolute Gasteiger partial charge is 0.410 e. The highest BCUT2D eigenvalue weighted by Crippen LogP contribution is 2.31. The molecular weight excluding hydrogens is 711 g/mol. The first-order valence-electron chi connectivity index (χ1n) is 17.6.